The number of nitrogens with zero attached hydrogens (tertiary/aromatic N) is 3. The number of carbonyl (C=O) groups is 2. The molecule has 1 atom stereocenters. The Balaban J connectivity index is 1.17. The second kappa shape index (κ2) is 16.2. The molecule has 4 aromatic rings. The minimum absolute atomic E-state index is 0.00827. The first-order chi connectivity index (χ1) is 24.2. The molecule has 50 heavy (non-hydrogen) atoms. The van der Waals surface area contributed by atoms with Crippen molar-refractivity contribution < 1.29 is 18.7 Å². The quantitative estimate of drug-likeness (QED) is 0.134. The number of pyridine rings is 2. The molecule has 0 unspecified atom stereocenters. The van der Waals surface area contributed by atoms with Crippen molar-refractivity contribution in [3.63, 3.8) is 0 Å². The first-order valence-corrected chi connectivity index (χ1v) is 17.5. The molecule has 2 saturated heterocycles. The van der Waals surface area contributed by atoms with Gasteiger partial charge >= 0.3 is 0 Å². The molecule has 0 spiro atoms. The summed E-state index contributed by atoms with van der Waals surface area (Å²) in [4.78, 5) is 34.7. The van der Waals surface area contributed by atoms with Gasteiger partial charge in [-0.1, -0.05) is 59.6 Å². The first kappa shape index (κ1) is 35.5. The zero-order valence-corrected chi connectivity index (χ0v) is 29.5. The average molecular weight is 721 g/mol. The second-order valence-electron chi connectivity index (χ2n) is 12.6. The van der Waals surface area contributed by atoms with Gasteiger partial charge in [0.1, 0.15) is 0 Å². The van der Waals surface area contributed by atoms with Crippen LogP contribution in [0.1, 0.15) is 36.8 Å². The highest BCUT2D eigenvalue weighted by molar-refractivity contribution is 6.39. The summed E-state index contributed by atoms with van der Waals surface area (Å²) >= 11 is 14.0. The van der Waals surface area contributed by atoms with Crippen LogP contribution in [0.15, 0.2) is 60.8 Å². The topological polar surface area (TPSA) is 121 Å². The van der Waals surface area contributed by atoms with E-state index in [-0.39, 0.29) is 29.6 Å². The Labute approximate surface area is 301 Å². The molecule has 4 N–H and O–H groups in total. The van der Waals surface area contributed by atoms with Gasteiger partial charge in [0.15, 0.2) is 11.6 Å². The molecule has 6 rings (SSSR count). The molecule has 2 aromatic carbocycles. The van der Waals surface area contributed by atoms with Gasteiger partial charge in [0.05, 0.1) is 28.5 Å². The molecule has 13 heteroatoms. The van der Waals surface area contributed by atoms with Crippen LogP contribution in [0.3, 0.4) is 0 Å². The van der Waals surface area contributed by atoms with Gasteiger partial charge in [-0.2, -0.15) is 0 Å². The number of ether oxygens (including phenoxy) is 1. The number of piperidine rings is 1. The molecule has 2 aliphatic heterocycles. The van der Waals surface area contributed by atoms with Crippen molar-refractivity contribution >= 4 is 46.5 Å². The lowest BCUT2D eigenvalue weighted by atomic mass is 9.95. The number of aromatic nitrogens is 2. The number of hydrogen-bond acceptors (Lipinski definition) is 8. The minimum atomic E-state index is -0.452. The van der Waals surface area contributed by atoms with Gasteiger partial charge in [0.25, 0.3) is 0 Å². The molecule has 4 heterocycles. The van der Waals surface area contributed by atoms with Crippen LogP contribution in [0, 0.1) is 11.7 Å². The van der Waals surface area contributed by atoms with Crippen molar-refractivity contribution in [3.05, 3.63) is 87.8 Å². The number of carbonyl (C=O) groups excluding carboxylic acids is 2. The SMILES string of the molecule is CNC(=O)C1CCN(Cc2ccnc(Nc3cccc(-c4cccc(-c5ccc(CNC[C@@H]6CCC(=O)N6)c(OC)n5)c4Cl)c3Cl)c2F)CC1. The highest BCUT2D eigenvalue weighted by atomic mass is 35.5. The van der Waals surface area contributed by atoms with Gasteiger partial charge in [-0.25, -0.2) is 14.4 Å². The van der Waals surface area contributed by atoms with E-state index in [4.69, 9.17) is 32.9 Å². The Bertz CT molecular complexity index is 1870. The third-order valence-corrected chi connectivity index (χ3v) is 10.1. The number of methoxy groups -OCH3 is 1. The molecular formula is C37H40Cl2FN7O3. The fourth-order valence-electron chi connectivity index (χ4n) is 6.54. The highest BCUT2D eigenvalue weighted by Crippen LogP contribution is 2.42. The summed E-state index contributed by atoms with van der Waals surface area (Å²) in [5.41, 5.74) is 4.54. The molecule has 0 saturated carbocycles. The van der Waals surface area contributed by atoms with E-state index in [1.54, 1.807) is 32.5 Å². The summed E-state index contributed by atoms with van der Waals surface area (Å²) in [6, 6.07) is 16.7. The number of anilines is 2. The van der Waals surface area contributed by atoms with Gasteiger partial charge in [0, 0.05) is 79.1 Å². The van der Waals surface area contributed by atoms with Gasteiger partial charge < -0.3 is 26.0 Å². The number of halogens is 3. The molecule has 0 aliphatic carbocycles. The lowest BCUT2D eigenvalue weighted by Gasteiger charge is -2.31. The van der Waals surface area contributed by atoms with E-state index >= 15 is 4.39 Å². The minimum Gasteiger partial charge on any atom is -0.481 e. The Hall–Kier alpha value is -4.29. The van der Waals surface area contributed by atoms with Crippen molar-refractivity contribution in [2.75, 3.05) is 39.1 Å². The normalized spacial score (nSPS) is 16.7. The van der Waals surface area contributed by atoms with E-state index in [2.05, 4.69) is 31.2 Å². The third-order valence-electron chi connectivity index (χ3n) is 9.31. The molecule has 2 aliphatic rings. The maximum Gasteiger partial charge on any atom is 0.222 e. The monoisotopic (exact) mass is 719 g/mol. The Kier molecular flexibility index (Phi) is 11.5. The molecule has 262 valence electrons. The van der Waals surface area contributed by atoms with Crippen molar-refractivity contribution in [3.8, 4) is 28.3 Å². The summed E-state index contributed by atoms with van der Waals surface area (Å²) in [5.74, 6) is 0.227. The number of hydrogen-bond donors (Lipinski definition) is 4. The van der Waals surface area contributed by atoms with Crippen LogP contribution < -0.4 is 26.0 Å². The number of rotatable bonds is 12. The average Bonchev–Trinajstić information content (AvgIpc) is 3.55. The zero-order valence-electron chi connectivity index (χ0n) is 28.0. The molecular weight excluding hydrogens is 680 g/mol. The van der Waals surface area contributed by atoms with E-state index in [0.29, 0.717) is 88.7 Å². The molecule has 2 fully saturated rings. The van der Waals surface area contributed by atoms with E-state index in [1.165, 1.54) is 0 Å². The zero-order chi connectivity index (χ0) is 35.2. The van der Waals surface area contributed by atoms with E-state index in [1.807, 2.05) is 42.5 Å². The Morgan fingerprint density at radius 2 is 1.74 bits per heavy atom. The predicted molar refractivity (Wildman–Crippen MR) is 194 cm³/mol. The summed E-state index contributed by atoms with van der Waals surface area (Å²) < 4.78 is 21.4. The van der Waals surface area contributed by atoms with Crippen molar-refractivity contribution in [1.29, 1.82) is 0 Å². The number of amides is 2. The maximum absolute atomic E-state index is 15.8. The largest absolute Gasteiger partial charge is 0.481 e. The fourth-order valence-corrected chi connectivity index (χ4v) is 7.13. The highest BCUT2D eigenvalue weighted by Gasteiger charge is 2.25. The number of nitrogens with one attached hydrogen (secondary N) is 4. The van der Waals surface area contributed by atoms with Gasteiger partial charge in [0.2, 0.25) is 17.7 Å². The molecule has 2 amide bonds. The lowest BCUT2D eigenvalue weighted by molar-refractivity contribution is -0.126. The van der Waals surface area contributed by atoms with E-state index < -0.39 is 5.82 Å². The molecule has 2 aromatic heterocycles. The van der Waals surface area contributed by atoms with E-state index in [0.717, 1.165) is 24.8 Å². The summed E-state index contributed by atoms with van der Waals surface area (Å²) in [6.45, 7) is 3.02. The Morgan fingerprint density at radius 1 is 1.00 bits per heavy atom. The number of likely N-dealkylation sites (tertiary alicyclic amines) is 1. The summed E-state index contributed by atoms with van der Waals surface area (Å²) in [6.07, 6.45) is 4.43. The first-order valence-electron chi connectivity index (χ1n) is 16.7. The maximum atomic E-state index is 15.8. The second-order valence-corrected chi connectivity index (χ2v) is 13.3. The third kappa shape index (κ3) is 8.02. The van der Waals surface area contributed by atoms with Crippen molar-refractivity contribution in [2.45, 2.75) is 44.8 Å². The van der Waals surface area contributed by atoms with Crippen molar-refractivity contribution in [2.24, 2.45) is 5.92 Å². The van der Waals surface area contributed by atoms with Crippen LogP contribution in [0.5, 0.6) is 5.88 Å². The van der Waals surface area contributed by atoms with Crippen LogP contribution >= 0.6 is 23.2 Å². The van der Waals surface area contributed by atoms with Gasteiger partial charge in [-0.05, 0) is 50.6 Å². The molecule has 0 bridgehead atoms. The van der Waals surface area contributed by atoms with Crippen LogP contribution in [0.25, 0.3) is 22.4 Å². The van der Waals surface area contributed by atoms with E-state index in [9.17, 15) is 9.59 Å². The standard InChI is InChI=1S/C37H40Cl2FN7O3/c1-41-36(49)22-14-17-47(18-15-22)21-24-13-16-43-35(34(24)40)45-30-8-4-6-27(33(30)39)26-5-3-7-28(32(26)38)29-11-9-23(37(46-29)50-2)19-42-20-25-10-12-31(48)44-25/h3-9,11,13,16,22,25,42H,10,12,14-15,17-21H2,1-2H3,(H,41,49)(H,43,45)(H,44,48)/t25-/m0/s1. The lowest BCUT2D eigenvalue weighted by Crippen LogP contribution is -2.39. The van der Waals surface area contributed by atoms with Gasteiger partial charge in [-0.3, -0.25) is 14.5 Å². The Morgan fingerprint density at radius 3 is 2.46 bits per heavy atom. The summed E-state index contributed by atoms with van der Waals surface area (Å²) in [5, 5.41) is 13.0. The number of benzene rings is 2. The smallest absolute Gasteiger partial charge is 0.222 e. The summed E-state index contributed by atoms with van der Waals surface area (Å²) in [7, 11) is 3.23. The van der Waals surface area contributed by atoms with Crippen LogP contribution in [0.4, 0.5) is 15.9 Å². The predicted octanol–water partition coefficient (Wildman–Crippen LogP) is 6.33. The fraction of sp³-hybridized carbons (Fsp3) is 0.351. The molecule has 0 radical (unpaired) electrons. The van der Waals surface area contributed by atoms with Crippen LogP contribution in [-0.4, -0.2) is 66.5 Å². The van der Waals surface area contributed by atoms with Crippen LogP contribution in [-0.2, 0) is 22.7 Å². The molecule has 10 nitrogen and oxygen atoms in total. The van der Waals surface area contributed by atoms with Crippen molar-refractivity contribution in [1.82, 2.24) is 30.8 Å². The van der Waals surface area contributed by atoms with Crippen LogP contribution in [0.2, 0.25) is 10.0 Å². The van der Waals surface area contributed by atoms with Gasteiger partial charge in [-0.15, -0.1) is 0 Å².